The molecule has 1 aliphatic carbocycles. The first kappa shape index (κ1) is 22.3. The maximum atomic E-state index is 13.0. The van der Waals surface area contributed by atoms with E-state index in [-0.39, 0.29) is 30.0 Å². The molecule has 1 N–H and O–H groups in total. The van der Waals surface area contributed by atoms with Crippen LogP contribution >= 0.6 is 11.3 Å². The van der Waals surface area contributed by atoms with Crippen LogP contribution in [0.5, 0.6) is 0 Å². The third-order valence-corrected chi connectivity index (χ3v) is 8.28. The van der Waals surface area contributed by atoms with Crippen molar-refractivity contribution in [3.05, 3.63) is 16.7 Å². The second-order valence-electron chi connectivity index (χ2n) is 9.52. The highest BCUT2D eigenvalue weighted by atomic mass is 32.1. The SMILES string of the molecule is O=C(Cn1cnc2nc(N3CCC(C(=O)N4CCCCC4)CC3)sc2c1=O)NC1CCCC1. The Kier molecular flexibility index (Phi) is 6.62. The van der Waals surface area contributed by atoms with Crippen LogP contribution in [0.4, 0.5) is 5.13 Å². The molecule has 2 amide bonds. The lowest BCUT2D eigenvalue weighted by Gasteiger charge is -2.35. The fourth-order valence-corrected chi connectivity index (χ4v) is 6.29. The lowest BCUT2D eigenvalue weighted by atomic mass is 9.94. The molecule has 2 aromatic heterocycles. The highest BCUT2D eigenvalue weighted by molar-refractivity contribution is 7.22. The average molecular weight is 473 g/mol. The van der Waals surface area contributed by atoms with Gasteiger partial charge in [-0.25, -0.2) is 4.98 Å². The van der Waals surface area contributed by atoms with Crippen LogP contribution in [0.15, 0.2) is 11.1 Å². The van der Waals surface area contributed by atoms with Crippen LogP contribution in [0, 0.1) is 5.92 Å². The van der Waals surface area contributed by atoms with E-state index in [1.165, 1.54) is 28.7 Å². The van der Waals surface area contributed by atoms with E-state index >= 15 is 0 Å². The fourth-order valence-electron chi connectivity index (χ4n) is 5.27. The van der Waals surface area contributed by atoms with Crippen LogP contribution < -0.4 is 15.8 Å². The molecule has 2 aliphatic heterocycles. The molecule has 0 unspecified atom stereocenters. The van der Waals surface area contributed by atoms with Crippen LogP contribution in [-0.4, -0.2) is 63.5 Å². The molecule has 178 valence electrons. The molecule has 9 nitrogen and oxygen atoms in total. The van der Waals surface area contributed by atoms with Gasteiger partial charge in [0, 0.05) is 38.1 Å². The van der Waals surface area contributed by atoms with E-state index in [0.29, 0.717) is 16.3 Å². The Morgan fingerprint density at radius 2 is 1.73 bits per heavy atom. The number of carbonyl (C=O) groups is 2. The third-order valence-electron chi connectivity index (χ3n) is 7.19. The van der Waals surface area contributed by atoms with E-state index < -0.39 is 0 Å². The zero-order valence-electron chi connectivity index (χ0n) is 19.0. The molecule has 2 aromatic rings. The molecule has 0 atom stereocenters. The smallest absolute Gasteiger partial charge is 0.273 e. The Hall–Kier alpha value is -2.49. The standard InChI is InChI=1S/C23H32N6O3S/c30-18(25-17-6-2-3-7-17)14-29-15-24-20-19(22(29)32)33-23(26-20)28-12-8-16(9-13-28)21(31)27-10-4-1-5-11-27/h15-17H,1-14H2,(H,25,30). The van der Waals surface area contributed by atoms with Gasteiger partial charge in [-0.3, -0.25) is 19.0 Å². The molecule has 5 rings (SSSR count). The topological polar surface area (TPSA) is 100 Å². The van der Waals surface area contributed by atoms with Gasteiger partial charge in [0.25, 0.3) is 5.56 Å². The van der Waals surface area contributed by atoms with Crippen LogP contribution in [0.2, 0.25) is 0 Å². The quantitative estimate of drug-likeness (QED) is 0.716. The summed E-state index contributed by atoms with van der Waals surface area (Å²) in [4.78, 5) is 51.3. The number of hydrogen-bond acceptors (Lipinski definition) is 7. The van der Waals surface area contributed by atoms with Crippen molar-refractivity contribution in [3.63, 3.8) is 0 Å². The fraction of sp³-hybridized carbons (Fsp3) is 0.696. The molecular formula is C23H32N6O3S. The van der Waals surface area contributed by atoms with Crippen LogP contribution in [0.3, 0.4) is 0 Å². The maximum absolute atomic E-state index is 13.0. The third kappa shape index (κ3) is 4.90. The molecule has 3 aliphatic rings. The van der Waals surface area contributed by atoms with Crippen molar-refractivity contribution in [1.82, 2.24) is 24.8 Å². The van der Waals surface area contributed by atoms with Crippen molar-refractivity contribution >= 4 is 38.6 Å². The second kappa shape index (κ2) is 9.79. The summed E-state index contributed by atoms with van der Waals surface area (Å²) in [7, 11) is 0. The van der Waals surface area contributed by atoms with Crippen molar-refractivity contribution in [1.29, 1.82) is 0 Å². The molecule has 0 bridgehead atoms. The van der Waals surface area contributed by atoms with Gasteiger partial charge in [-0.2, -0.15) is 4.98 Å². The number of nitrogens with one attached hydrogen (secondary N) is 1. The molecule has 3 fully saturated rings. The van der Waals surface area contributed by atoms with Gasteiger partial charge in [-0.1, -0.05) is 24.2 Å². The number of nitrogens with zero attached hydrogens (tertiary/aromatic N) is 5. The van der Waals surface area contributed by atoms with E-state index in [4.69, 9.17) is 0 Å². The highest BCUT2D eigenvalue weighted by Gasteiger charge is 2.30. The van der Waals surface area contributed by atoms with Gasteiger partial charge in [-0.05, 0) is 44.9 Å². The Labute approximate surface area is 197 Å². The van der Waals surface area contributed by atoms with Crippen molar-refractivity contribution in [2.24, 2.45) is 5.92 Å². The van der Waals surface area contributed by atoms with Gasteiger partial charge in [0.05, 0.1) is 0 Å². The van der Waals surface area contributed by atoms with Crippen molar-refractivity contribution in [2.45, 2.75) is 70.4 Å². The molecule has 0 spiro atoms. The minimum Gasteiger partial charge on any atom is -0.352 e. The number of amides is 2. The summed E-state index contributed by atoms with van der Waals surface area (Å²) in [5.74, 6) is 0.247. The largest absolute Gasteiger partial charge is 0.352 e. The number of hydrogen-bond donors (Lipinski definition) is 1. The average Bonchev–Trinajstić information content (AvgIpc) is 3.51. The number of carbonyl (C=O) groups excluding carboxylic acids is 2. The van der Waals surface area contributed by atoms with Gasteiger partial charge in [0.2, 0.25) is 11.8 Å². The van der Waals surface area contributed by atoms with E-state index in [9.17, 15) is 14.4 Å². The van der Waals surface area contributed by atoms with Crippen LogP contribution in [0.25, 0.3) is 10.3 Å². The summed E-state index contributed by atoms with van der Waals surface area (Å²) in [5, 5.41) is 3.79. The lowest BCUT2D eigenvalue weighted by molar-refractivity contribution is -0.137. The first-order valence-electron chi connectivity index (χ1n) is 12.3. The molecule has 33 heavy (non-hydrogen) atoms. The summed E-state index contributed by atoms with van der Waals surface area (Å²) >= 11 is 1.33. The molecule has 1 saturated carbocycles. The molecule has 2 saturated heterocycles. The van der Waals surface area contributed by atoms with Gasteiger partial charge < -0.3 is 15.1 Å². The summed E-state index contributed by atoms with van der Waals surface area (Å²) in [5.41, 5.74) is 0.208. The van der Waals surface area contributed by atoms with E-state index in [1.54, 1.807) is 0 Å². The predicted molar refractivity (Wildman–Crippen MR) is 127 cm³/mol. The van der Waals surface area contributed by atoms with Crippen molar-refractivity contribution in [2.75, 3.05) is 31.1 Å². The number of rotatable bonds is 5. The number of piperidine rings is 2. The number of fused-ring (bicyclic) bond motifs is 1. The summed E-state index contributed by atoms with van der Waals surface area (Å²) < 4.78 is 1.85. The van der Waals surface area contributed by atoms with Crippen molar-refractivity contribution < 1.29 is 9.59 Å². The Balaban J connectivity index is 1.22. The summed E-state index contributed by atoms with van der Waals surface area (Å²) in [6, 6.07) is 0.227. The predicted octanol–water partition coefficient (Wildman–Crippen LogP) is 2.14. The monoisotopic (exact) mass is 472 g/mol. The zero-order valence-corrected chi connectivity index (χ0v) is 19.8. The van der Waals surface area contributed by atoms with Gasteiger partial charge >= 0.3 is 0 Å². The first-order chi connectivity index (χ1) is 16.1. The summed E-state index contributed by atoms with van der Waals surface area (Å²) in [6.07, 6.45) is 10.8. The molecular weight excluding hydrogens is 440 g/mol. The Morgan fingerprint density at radius 3 is 2.45 bits per heavy atom. The minimum atomic E-state index is -0.222. The summed E-state index contributed by atoms with van der Waals surface area (Å²) in [6.45, 7) is 3.28. The zero-order chi connectivity index (χ0) is 22.8. The Morgan fingerprint density at radius 1 is 1.00 bits per heavy atom. The normalized spacial score (nSPS) is 20.5. The molecule has 10 heteroatoms. The minimum absolute atomic E-state index is 0.0183. The number of likely N-dealkylation sites (tertiary alicyclic amines) is 1. The van der Waals surface area contributed by atoms with Crippen LogP contribution in [0.1, 0.15) is 57.8 Å². The highest BCUT2D eigenvalue weighted by Crippen LogP contribution is 2.30. The van der Waals surface area contributed by atoms with E-state index in [1.807, 2.05) is 4.90 Å². The second-order valence-corrected chi connectivity index (χ2v) is 10.5. The van der Waals surface area contributed by atoms with Crippen molar-refractivity contribution in [3.8, 4) is 0 Å². The molecule has 4 heterocycles. The lowest BCUT2D eigenvalue weighted by Crippen LogP contribution is -2.44. The van der Waals surface area contributed by atoms with E-state index in [0.717, 1.165) is 82.7 Å². The number of thiazole rings is 1. The number of anilines is 1. The van der Waals surface area contributed by atoms with Gasteiger partial charge in [0.1, 0.15) is 17.6 Å². The van der Waals surface area contributed by atoms with Gasteiger partial charge in [0.15, 0.2) is 10.8 Å². The molecule has 0 radical (unpaired) electrons. The van der Waals surface area contributed by atoms with Gasteiger partial charge in [-0.15, -0.1) is 0 Å². The molecule has 0 aromatic carbocycles. The first-order valence-corrected chi connectivity index (χ1v) is 13.1. The maximum Gasteiger partial charge on any atom is 0.273 e. The van der Waals surface area contributed by atoms with E-state index in [2.05, 4.69) is 20.2 Å². The number of aromatic nitrogens is 3. The Bertz CT molecular complexity index is 1060. The van der Waals surface area contributed by atoms with Crippen LogP contribution in [-0.2, 0) is 16.1 Å².